The molecule has 4 fully saturated rings. The second-order valence-electron chi connectivity index (χ2n) is 6.61. The summed E-state index contributed by atoms with van der Waals surface area (Å²) >= 11 is 0. The van der Waals surface area contributed by atoms with Gasteiger partial charge in [0.2, 0.25) is 6.20 Å². The second kappa shape index (κ2) is 4.22. The average Bonchev–Trinajstić information content (AvgIpc) is 2.27. The molecule has 5 rings (SSSR count). The number of aromatic nitrogens is 1. The minimum atomic E-state index is 0. The van der Waals surface area contributed by atoms with Crippen LogP contribution in [0.15, 0.2) is 24.5 Å². The smallest absolute Gasteiger partial charge is 0.211 e. The van der Waals surface area contributed by atoms with E-state index in [1.165, 1.54) is 38.5 Å². The molecule has 0 atom stereocenters. The first-order valence-electron chi connectivity index (χ1n) is 6.94. The van der Waals surface area contributed by atoms with Crippen LogP contribution in [0.5, 0.6) is 5.75 Å². The molecule has 0 aliphatic heterocycles. The van der Waals surface area contributed by atoms with E-state index in [-0.39, 0.29) is 17.0 Å². The number of halogens is 1. The quantitative estimate of drug-likeness (QED) is 0.702. The maximum absolute atomic E-state index is 9.69. The summed E-state index contributed by atoms with van der Waals surface area (Å²) in [5.74, 6) is 3.27. The van der Waals surface area contributed by atoms with Crippen LogP contribution in [-0.4, -0.2) is 5.11 Å². The number of pyridine rings is 1. The number of hydrogen-bond acceptors (Lipinski definition) is 1. The van der Waals surface area contributed by atoms with Gasteiger partial charge in [-0.25, -0.2) is 0 Å². The zero-order valence-electron chi connectivity index (χ0n) is 10.6. The topological polar surface area (TPSA) is 24.1 Å². The fraction of sp³-hybridized carbons (Fsp3) is 0.667. The Labute approximate surface area is 119 Å². The van der Waals surface area contributed by atoms with E-state index in [0.29, 0.717) is 11.3 Å². The molecule has 0 saturated heterocycles. The molecular formula is C15H20BrNO. The summed E-state index contributed by atoms with van der Waals surface area (Å²) in [5, 5.41) is 9.69. The Kier molecular flexibility index (Phi) is 2.92. The van der Waals surface area contributed by atoms with Crippen LogP contribution < -0.4 is 21.5 Å². The molecule has 4 saturated carbocycles. The van der Waals surface area contributed by atoms with E-state index in [2.05, 4.69) is 10.8 Å². The van der Waals surface area contributed by atoms with Crippen LogP contribution in [0.2, 0.25) is 0 Å². The monoisotopic (exact) mass is 309 g/mol. The van der Waals surface area contributed by atoms with E-state index in [1.54, 1.807) is 6.07 Å². The lowest BCUT2D eigenvalue weighted by Gasteiger charge is -2.53. The Bertz CT molecular complexity index is 424. The average molecular weight is 310 g/mol. The molecule has 18 heavy (non-hydrogen) atoms. The molecule has 0 amide bonds. The molecule has 0 unspecified atom stereocenters. The highest BCUT2D eigenvalue weighted by Gasteiger charge is 2.56. The van der Waals surface area contributed by atoms with E-state index in [1.807, 2.05) is 12.3 Å². The van der Waals surface area contributed by atoms with Crippen LogP contribution in [0, 0.1) is 17.8 Å². The van der Waals surface area contributed by atoms with Gasteiger partial charge in [0.05, 0.1) is 0 Å². The summed E-state index contributed by atoms with van der Waals surface area (Å²) in [4.78, 5) is 0. The first-order chi connectivity index (χ1) is 8.23. The lowest BCUT2D eigenvalue weighted by molar-refractivity contribution is -0.777. The molecule has 1 aromatic heterocycles. The Morgan fingerprint density at radius 3 is 2.11 bits per heavy atom. The predicted molar refractivity (Wildman–Crippen MR) is 64.4 cm³/mol. The Morgan fingerprint density at radius 1 is 1.06 bits per heavy atom. The highest BCUT2D eigenvalue weighted by atomic mass is 79.9. The van der Waals surface area contributed by atoms with Crippen molar-refractivity contribution < 1.29 is 26.7 Å². The van der Waals surface area contributed by atoms with Gasteiger partial charge >= 0.3 is 0 Å². The SMILES string of the molecule is Oc1ccc[n+](C23CC4CC(CC(C4)C2)C3)c1.[Br-]. The molecule has 4 aliphatic carbocycles. The van der Waals surface area contributed by atoms with Crippen LogP contribution in [0.4, 0.5) is 0 Å². The highest BCUT2D eigenvalue weighted by Crippen LogP contribution is 2.56. The largest absolute Gasteiger partial charge is 1.00 e. The molecule has 0 radical (unpaired) electrons. The summed E-state index contributed by atoms with van der Waals surface area (Å²) < 4.78 is 2.33. The molecule has 1 N–H and O–H groups in total. The first-order valence-corrected chi connectivity index (χ1v) is 6.94. The third kappa shape index (κ3) is 1.78. The Morgan fingerprint density at radius 2 is 1.61 bits per heavy atom. The number of aromatic hydroxyl groups is 1. The van der Waals surface area contributed by atoms with Crippen molar-refractivity contribution in [2.75, 3.05) is 0 Å². The molecule has 1 heterocycles. The first kappa shape index (κ1) is 12.5. The van der Waals surface area contributed by atoms with Gasteiger partial charge < -0.3 is 22.1 Å². The van der Waals surface area contributed by atoms with Crippen molar-refractivity contribution in [1.82, 2.24) is 0 Å². The van der Waals surface area contributed by atoms with Crippen LogP contribution in [0.25, 0.3) is 0 Å². The fourth-order valence-corrected chi connectivity index (χ4v) is 5.14. The van der Waals surface area contributed by atoms with Gasteiger partial charge in [0.25, 0.3) is 0 Å². The predicted octanol–water partition coefficient (Wildman–Crippen LogP) is -0.391. The van der Waals surface area contributed by atoms with Crippen LogP contribution >= 0.6 is 0 Å². The number of nitrogens with zero attached hydrogens (tertiary/aromatic N) is 1. The third-order valence-electron chi connectivity index (χ3n) is 5.34. The molecule has 98 valence electrons. The normalized spacial score (nSPS) is 40.6. The van der Waals surface area contributed by atoms with Crippen molar-refractivity contribution in [3.05, 3.63) is 24.5 Å². The highest BCUT2D eigenvalue weighted by molar-refractivity contribution is 5.10. The van der Waals surface area contributed by atoms with E-state index in [9.17, 15) is 5.11 Å². The minimum absolute atomic E-state index is 0. The Balaban J connectivity index is 0.000001000. The minimum Gasteiger partial charge on any atom is -1.00 e. The van der Waals surface area contributed by atoms with Crippen molar-refractivity contribution in [3.63, 3.8) is 0 Å². The zero-order valence-corrected chi connectivity index (χ0v) is 12.1. The molecular weight excluding hydrogens is 290 g/mol. The fourth-order valence-electron chi connectivity index (χ4n) is 5.14. The van der Waals surface area contributed by atoms with Crippen molar-refractivity contribution in [1.29, 1.82) is 0 Å². The number of hydrogen-bond donors (Lipinski definition) is 1. The lowest BCUT2D eigenvalue weighted by atomic mass is 9.53. The van der Waals surface area contributed by atoms with Gasteiger partial charge in [-0.15, -0.1) is 0 Å². The molecule has 0 spiro atoms. The van der Waals surface area contributed by atoms with Crippen molar-refractivity contribution in [3.8, 4) is 5.75 Å². The summed E-state index contributed by atoms with van der Waals surface area (Å²) in [5.41, 5.74) is 0.341. The van der Waals surface area contributed by atoms with Crippen molar-refractivity contribution in [2.45, 2.75) is 44.1 Å². The zero-order chi connectivity index (χ0) is 11.5. The summed E-state index contributed by atoms with van der Waals surface area (Å²) in [6, 6.07) is 3.75. The lowest BCUT2D eigenvalue weighted by Crippen LogP contribution is -3.00. The molecule has 4 bridgehead atoms. The van der Waals surface area contributed by atoms with E-state index >= 15 is 0 Å². The summed E-state index contributed by atoms with van der Waals surface area (Å²) in [6.45, 7) is 0. The summed E-state index contributed by atoms with van der Waals surface area (Å²) in [6.07, 6.45) is 12.5. The van der Waals surface area contributed by atoms with Gasteiger partial charge in [0.15, 0.2) is 17.5 Å². The van der Waals surface area contributed by atoms with Crippen LogP contribution in [0.3, 0.4) is 0 Å². The second-order valence-corrected chi connectivity index (χ2v) is 6.61. The molecule has 1 aromatic rings. The van der Waals surface area contributed by atoms with Crippen molar-refractivity contribution >= 4 is 0 Å². The maximum Gasteiger partial charge on any atom is 0.211 e. The van der Waals surface area contributed by atoms with E-state index < -0.39 is 0 Å². The van der Waals surface area contributed by atoms with Gasteiger partial charge in [-0.2, -0.15) is 4.57 Å². The van der Waals surface area contributed by atoms with Crippen LogP contribution in [-0.2, 0) is 5.54 Å². The van der Waals surface area contributed by atoms with E-state index in [0.717, 1.165) is 17.8 Å². The number of rotatable bonds is 1. The van der Waals surface area contributed by atoms with Gasteiger partial charge in [-0.1, -0.05) is 0 Å². The molecule has 4 aliphatic rings. The maximum atomic E-state index is 9.69. The molecule has 3 heteroatoms. The standard InChI is InChI=1S/C15H19NO.BrH/c17-14-2-1-3-16(10-14)15-7-11-4-12(8-15)6-13(5-11)9-15;/h1-3,10-13H,4-9H2;1H. The van der Waals surface area contributed by atoms with Gasteiger partial charge in [0, 0.05) is 25.3 Å². The Hall–Kier alpha value is -0.570. The van der Waals surface area contributed by atoms with Crippen molar-refractivity contribution in [2.24, 2.45) is 17.8 Å². The van der Waals surface area contributed by atoms with E-state index in [4.69, 9.17) is 0 Å². The molecule has 0 aromatic carbocycles. The molecule has 2 nitrogen and oxygen atoms in total. The van der Waals surface area contributed by atoms with Gasteiger partial charge in [0.1, 0.15) is 0 Å². The third-order valence-corrected chi connectivity index (χ3v) is 5.34. The van der Waals surface area contributed by atoms with Gasteiger partial charge in [-0.3, -0.25) is 0 Å². The van der Waals surface area contributed by atoms with Gasteiger partial charge in [-0.05, 0) is 43.1 Å². The summed E-state index contributed by atoms with van der Waals surface area (Å²) in [7, 11) is 0. The van der Waals surface area contributed by atoms with Crippen LogP contribution in [0.1, 0.15) is 38.5 Å².